The Balaban J connectivity index is 2.49. The highest BCUT2D eigenvalue weighted by molar-refractivity contribution is 6.40. The Kier molecular flexibility index (Phi) is 3.99. The standard InChI is InChI=1S/C10H15BO2/c1-2-9-3-5-10(6-4-9)7-8-11(12)13/h3-6,12-13H,2,7-8H2,1H3. The maximum atomic E-state index is 8.67. The van der Waals surface area contributed by atoms with Gasteiger partial charge in [-0.15, -0.1) is 0 Å². The van der Waals surface area contributed by atoms with Crippen molar-refractivity contribution < 1.29 is 10.0 Å². The molecule has 0 spiro atoms. The molecule has 0 fully saturated rings. The first kappa shape index (κ1) is 10.3. The molecule has 0 unspecified atom stereocenters. The topological polar surface area (TPSA) is 40.5 Å². The number of rotatable bonds is 4. The fourth-order valence-electron chi connectivity index (χ4n) is 1.24. The third-order valence-electron chi connectivity index (χ3n) is 2.12. The van der Waals surface area contributed by atoms with Crippen molar-refractivity contribution in [1.82, 2.24) is 0 Å². The largest absolute Gasteiger partial charge is 0.451 e. The Labute approximate surface area is 79.4 Å². The molecule has 0 aromatic heterocycles. The molecule has 2 nitrogen and oxygen atoms in total. The Morgan fingerprint density at radius 1 is 1.08 bits per heavy atom. The zero-order valence-electron chi connectivity index (χ0n) is 7.90. The summed E-state index contributed by atoms with van der Waals surface area (Å²) in [7, 11) is -1.19. The van der Waals surface area contributed by atoms with Gasteiger partial charge in [0.05, 0.1) is 0 Å². The highest BCUT2D eigenvalue weighted by atomic mass is 16.4. The van der Waals surface area contributed by atoms with Crippen molar-refractivity contribution in [3.63, 3.8) is 0 Å². The molecule has 3 heteroatoms. The van der Waals surface area contributed by atoms with Crippen LogP contribution >= 0.6 is 0 Å². The van der Waals surface area contributed by atoms with Gasteiger partial charge in [-0.25, -0.2) is 0 Å². The minimum Gasteiger partial charge on any atom is -0.427 e. The number of aryl methyl sites for hydroxylation is 2. The summed E-state index contributed by atoms with van der Waals surface area (Å²) in [6.07, 6.45) is 2.18. The van der Waals surface area contributed by atoms with Crippen molar-refractivity contribution in [1.29, 1.82) is 0 Å². The zero-order chi connectivity index (χ0) is 9.68. The monoisotopic (exact) mass is 178 g/mol. The summed E-state index contributed by atoms with van der Waals surface area (Å²) in [5.41, 5.74) is 2.47. The number of hydrogen-bond donors (Lipinski definition) is 2. The van der Waals surface area contributed by atoms with Gasteiger partial charge in [0.1, 0.15) is 0 Å². The molecule has 0 saturated carbocycles. The Morgan fingerprint density at radius 3 is 2.08 bits per heavy atom. The van der Waals surface area contributed by atoms with Gasteiger partial charge in [-0.1, -0.05) is 31.2 Å². The van der Waals surface area contributed by atoms with E-state index in [0.29, 0.717) is 6.32 Å². The van der Waals surface area contributed by atoms with Gasteiger partial charge in [0, 0.05) is 0 Å². The molecule has 0 aliphatic carbocycles. The number of benzene rings is 1. The second-order valence-electron chi connectivity index (χ2n) is 3.19. The first-order valence-corrected chi connectivity index (χ1v) is 4.66. The van der Waals surface area contributed by atoms with Crippen LogP contribution in [0.25, 0.3) is 0 Å². The quantitative estimate of drug-likeness (QED) is 0.681. The first-order chi connectivity index (χ1) is 6.22. The average Bonchev–Trinajstić information content (AvgIpc) is 2.15. The van der Waals surface area contributed by atoms with Gasteiger partial charge < -0.3 is 10.0 Å². The van der Waals surface area contributed by atoms with E-state index in [1.54, 1.807) is 0 Å². The van der Waals surface area contributed by atoms with E-state index >= 15 is 0 Å². The van der Waals surface area contributed by atoms with Crippen LogP contribution in [0.4, 0.5) is 0 Å². The van der Waals surface area contributed by atoms with Crippen molar-refractivity contribution in [3.8, 4) is 0 Å². The molecule has 0 heterocycles. The van der Waals surface area contributed by atoms with Crippen LogP contribution in [0.3, 0.4) is 0 Å². The van der Waals surface area contributed by atoms with E-state index in [1.807, 2.05) is 12.1 Å². The maximum absolute atomic E-state index is 8.67. The summed E-state index contributed by atoms with van der Waals surface area (Å²) in [4.78, 5) is 0. The number of hydrogen-bond acceptors (Lipinski definition) is 2. The highest BCUT2D eigenvalue weighted by Gasteiger charge is 2.05. The van der Waals surface area contributed by atoms with E-state index in [2.05, 4.69) is 19.1 Å². The molecule has 0 amide bonds. The van der Waals surface area contributed by atoms with Crippen molar-refractivity contribution >= 4 is 7.12 Å². The molecule has 0 atom stereocenters. The van der Waals surface area contributed by atoms with Gasteiger partial charge in [-0.2, -0.15) is 0 Å². The highest BCUT2D eigenvalue weighted by Crippen LogP contribution is 2.07. The third-order valence-corrected chi connectivity index (χ3v) is 2.12. The van der Waals surface area contributed by atoms with Crippen LogP contribution in [0.15, 0.2) is 24.3 Å². The van der Waals surface area contributed by atoms with E-state index in [4.69, 9.17) is 10.0 Å². The van der Waals surface area contributed by atoms with Crippen molar-refractivity contribution in [3.05, 3.63) is 35.4 Å². The Hall–Kier alpha value is -0.795. The van der Waals surface area contributed by atoms with Crippen molar-refractivity contribution in [2.75, 3.05) is 0 Å². The minimum absolute atomic E-state index is 0.408. The van der Waals surface area contributed by atoms with Gasteiger partial charge in [0.15, 0.2) is 0 Å². The molecule has 0 saturated heterocycles. The first-order valence-electron chi connectivity index (χ1n) is 4.66. The summed E-state index contributed by atoms with van der Waals surface area (Å²) in [6, 6.07) is 8.25. The molecule has 1 aromatic rings. The zero-order valence-corrected chi connectivity index (χ0v) is 7.90. The van der Waals surface area contributed by atoms with Crippen LogP contribution in [-0.4, -0.2) is 17.2 Å². The minimum atomic E-state index is -1.19. The van der Waals surface area contributed by atoms with Crippen LogP contribution in [0.2, 0.25) is 6.32 Å². The molecule has 0 radical (unpaired) electrons. The summed E-state index contributed by atoms with van der Waals surface area (Å²) in [5.74, 6) is 0. The molecule has 0 bridgehead atoms. The van der Waals surface area contributed by atoms with Gasteiger partial charge in [-0.3, -0.25) is 0 Å². The van der Waals surface area contributed by atoms with E-state index in [9.17, 15) is 0 Å². The van der Waals surface area contributed by atoms with E-state index < -0.39 is 7.12 Å². The molecule has 13 heavy (non-hydrogen) atoms. The fourth-order valence-corrected chi connectivity index (χ4v) is 1.24. The van der Waals surface area contributed by atoms with Crippen molar-refractivity contribution in [2.45, 2.75) is 26.1 Å². The second kappa shape index (κ2) is 5.05. The smallest absolute Gasteiger partial charge is 0.427 e. The molecule has 70 valence electrons. The van der Waals surface area contributed by atoms with Crippen LogP contribution in [-0.2, 0) is 12.8 Å². The van der Waals surface area contributed by atoms with Crippen LogP contribution in [0, 0.1) is 0 Å². The normalized spacial score (nSPS) is 10.1. The predicted octanol–water partition coefficient (Wildman–Crippen LogP) is 1.26. The lowest BCUT2D eigenvalue weighted by Crippen LogP contribution is -2.11. The lowest BCUT2D eigenvalue weighted by Gasteiger charge is -2.01. The molecular weight excluding hydrogens is 163 g/mol. The fraction of sp³-hybridized carbons (Fsp3) is 0.400. The Bertz CT molecular complexity index is 244. The van der Waals surface area contributed by atoms with Crippen LogP contribution in [0.5, 0.6) is 0 Å². The summed E-state index contributed by atoms with van der Waals surface area (Å²) in [5, 5.41) is 17.3. The molecule has 1 rings (SSSR count). The van der Waals surface area contributed by atoms with Crippen LogP contribution < -0.4 is 0 Å². The van der Waals surface area contributed by atoms with Crippen molar-refractivity contribution in [2.24, 2.45) is 0 Å². The summed E-state index contributed by atoms with van der Waals surface area (Å²) >= 11 is 0. The summed E-state index contributed by atoms with van der Waals surface area (Å²) < 4.78 is 0. The van der Waals surface area contributed by atoms with Gasteiger partial charge in [0.25, 0.3) is 0 Å². The molecule has 0 aliphatic rings. The lowest BCUT2D eigenvalue weighted by atomic mass is 9.83. The van der Waals surface area contributed by atoms with E-state index in [0.717, 1.165) is 18.4 Å². The van der Waals surface area contributed by atoms with Gasteiger partial charge >= 0.3 is 7.12 Å². The Morgan fingerprint density at radius 2 is 1.62 bits per heavy atom. The maximum Gasteiger partial charge on any atom is 0.451 e. The molecule has 0 aliphatic heterocycles. The van der Waals surface area contributed by atoms with Gasteiger partial charge in [0.2, 0.25) is 0 Å². The second-order valence-corrected chi connectivity index (χ2v) is 3.19. The molecule has 2 N–H and O–H groups in total. The van der Waals surface area contributed by atoms with Gasteiger partial charge in [-0.05, 0) is 30.3 Å². The molecule has 1 aromatic carbocycles. The van der Waals surface area contributed by atoms with E-state index in [1.165, 1.54) is 5.56 Å². The molecular formula is C10H15BO2. The third kappa shape index (κ3) is 3.62. The average molecular weight is 178 g/mol. The lowest BCUT2D eigenvalue weighted by molar-refractivity contribution is 0.405. The summed E-state index contributed by atoms with van der Waals surface area (Å²) in [6.45, 7) is 2.12. The van der Waals surface area contributed by atoms with E-state index in [-0.39, 0.29) is 0 Å². The SMILES string of the molecule is CCc1ccc(CCB(O)O)cc1. The predicted molar refractivity (Wildman–Crippen MR) is 54.5 cm³/mol. The van der Waals surface area contributed by atoms with Crippen LogP contribution in [0.1, 0.15) is 18.1 Å².